The highest BCUT2D eigenvalue weighted by atomic mass is 16.5. The molecule has 0 aromatic carbocycles. The van der Waals surface area contributed by atoms with Crippen molar-refractivity contribution in [1.29, 1.82) is 0 Å². The lowest BCUT2D eigenvalue weighted by molar-refractivity contribution is -0.137. The second-order valence-electron chi connectivity index (χ2n) is 4.47. The van der Waals surface area contributed by atoms with Gasteiger partial charge in [-0.05, 0) is 12.8 Å². The molecule has 0 aliphatic rings. The molecule has 1 atom stereocenters. The van der Waals surface area contributed by atoms with Crippen molar-refractivity contribution in [2.24, 2.45) is 5.92 Å². The number of hydrogen-bond acceptors (Lipinski definition) is 3. The number of hydrogen-bond donors (Lipinski definition) is 2. The van der Waals surface area contributed by atoms with E-state index >= 15 is 0 Å². The first kappa shape index (κ1) is 15.7. The van der Waals surface area contributed by atoms with E-state index < -0.39 is 5.97 Å². The number of carbonyl (C=O) groups is 2. The van der Waals surface area contributed by atoms with Crippen LogP contribution in [0.5, 0.6) is 0 Å². The fourth-order valence-electron chi connectivity index (χ4n) is 1.42. The van der Waals surface area contributed by atoms with Crippen molar-refractivity contribution in [2.75, 3.05) is 26.8 Å². The van der Waals surface area contributed by atoms with E-state index in [0.29, 0.717) is 13.2 Å². The Balaban J connectivity index is 4.35. The SMILES string of the molecule is COCC(C)NC(=O)N(CC(=O)O)CC(C)C. The molecular weight excluding hydrogens is 224 g/mol. The van der Waals surface area contributed by atoms with Crippen LogP contribution >= 0.6 is 0 Å². The Bertz CT molecular complexity index is 256. The molecule has 0 aliphatic heterocycles. The van der Waals surface area contributed by atoms with E-state index in [9.17, 15) is 9.59 Å². The van der Waals surface area contributed by atoms with Crippen molar-refractivity contribution < 1.29 is 19.4 Å². The molecule has 0 aromatic rings. The second-order valence-corrected chi connectivity index (χ2v) is 4.47. The number of aliphatic carboxylic acids is 1. The minimum Gasteiger partial charge on any atom is -0.480 e. The van der Waals surface area contributed by atoms with Gasteiger partial charge in [0.05, 0.1) is 12.6 Å². The Kier molecular flexibility index (Phi) is 7.29. The third-order valence-corrected chi connectivity index (χ3v) is 1.99. The molecule has 6 nitrogen and oxygen atoms in total. The summed E-state index contributed by atoms with van der Waals surface area (Å²) in [5.41, 5.74) is 0. The van der Waals surface area contributed by atoms with Crippen molar-refractivity contribution in [3.8, 4) is 0 Å². The lowest BCUT2D eigenvalue weighted by Gasteiger charge is -2.25. The number of ether oxygens (including phenoxy) is 1. The summed E-state index contributed by atoms with van der Waals surface area (Å²) in [6, 6.07) is -0.512. The van der Waals surface area contributed by atoms with Gasteiger partial charge in [-0.1, -0.05) is 13.8 Å². The number of carbonyl (C=O) groups excluding carboxylic acids is 1. The Hall–Kier alpha value is -1.30. The molecule has 100 valence electrons. The highest BCUT2D eigenvalue weighted by Gasteiger charge is 2.19. The number of carboxylic acids is 1. The zero-order valence-electron chi connectivity index (χ0n) is 10.9. The summed E-state index contributed by atoms with van der Waals surface area (Å²) in [5, 5.41) is 11.4. The molecule has 0 spiro atoms. The van der Waals surface area contributed by atoms with E-state index in [1.54, 1.807) is 14.0 Å². The van der Waals surface area contributed by atoms with Crippen LogP contribution in [-0.4, -0.2) is 54.9 Å². The summed E-state index contributed by atoms with van der Waals surface area (Å²) < 4.78 is 4.90. The Labute approximate surface area is 102 Å². The smallest absolute Gasteiger partial charge is 0.323 e. The van der Waals surface area contributed by atoms with Crippen LogP contribution in [0.1, 0.15) is 20.8 Å². The Morgan fingerprint density at radius 2 is 1.94 bits per heavy atom. The molecule has 0 saturated heterocycles. The number of nitrogens with one attached hydrogen (secondary N) is 1. The quantitative estimate of drug-likeness (QED) is 0.695. The van der Waals surface area contributed by atoms with Crippen molar-refractivity contribution in [2.45, 2.75) is 26.8 Å². The van der Waals surface area contributed by atoms with Crippen LogP contribution in [-0.2, 0) is 9.53 Å². The largest absolute Gasteiger partial charge is 0.480 e. The molecular formula is C11H22N2O4. The van der Waals surface area contributed by atoms with Gasteiger partial charge in [0.25, 0.3) is 0 Å². The van der Waals surface area contributed by atoms with Crippen LogP contribution in [0.2, 0.25) is 0 Å². The minimum atomic E-state index is -1.01. The molecule has 0 fully saturated rings. The van der Waals surface area contributed by atoms with Gasteiger partial charge in [-0.15, -0.1) is 0 Å². The Morgan fingerprint density at radius 3 is 2.35 bits per heavy atom. The summed E-state index contributed by atoms with van der Waals surface area (Å²) in [5.74, 6) is -0.793. The van der Waals surface area contributed by atoms with Crippen LogP contribution < -0.4 is 5.32 Å². The molecule has 0 radical (unpaired) electrons. The molecule has 2 N–H and O–H groups in total. The minimum absolute atomic E-state index is 0.143. The normalized spacial score (nSPS) is 12.3. The monoisotopic (exact) mass is 246 g/mol. The number of urea groups is 1. The first-order valence-corrected chi connectivity index (χ1v) is 5.63. The van der Waals surface area contributed by atoms with Crippen molar-refractivity contribution >= 4 is 12.0 Å². The van der Waals surface area contributed by atoms with Gasteiger partial charge < -0.3 is 20.1 Å². The van der Waals surface area contributed by atoms with Crippen molar-refractivity contribution in [1.82, 2.24) is 10.2 Å². The molecule has 0 saturated carbocycles. The average molecular weight is 246 g/mol. The van der Waals surface area contributed by atoms with E-state index in [4.69, 9.17) is 9.84 Å². The number of carboxylic acid groups (broad SMARTS) is 1. The number of rotatable bonds is 7. The van der Waals surface area contributed by atoms with Crippen LogP contribution in [0.4, 0.5) is 4.79 Å². The molecule has 0 aliphatic carbocycles. The van der Waals surface area contributed by atoms with Crippen LogP contribution in [0.25, 0.3) is 0 Å². The number of methoxy groups -OCH3 is 1. The van der Waals surface area contributed by atoms with Crippen LogP contribution in [0.15, 0.2) is 0 Å². The van der Waals surface area contributed by atoms with Crippen LogP contribution in [0.3, 0.4) is 0 Å². The maximum atomic E-state index is 11.8. The molecule has 1 unspecified atom stereocenters. The van der Waals surface area contributed by atoms with Crippen molar-refractivity contribution in [3.05, 3.63) is 0 Å². The topological polar surface area (TPSA) is 78.9 Å². The fourth-order valence-corrected chi connectivity index (χ4v) is 1.42. The second kappa shape index (κ2) is 7.89. The lowest BCUT2D eigenvalue weighted by Crippen LogP contribution is -2.48. The molecule has 6 heteroatoms. The van der Waals surface area contributed by atoms with Gasteiger partial charge in [0.1, 0.15) is 6.54 Å². The summed E-state index contributed by atoms with van der Waals surface area (Å²) in [4.78, 5) is 23.7. The van der Waals surface area contributed by atoms with Gasteiger partial charge in [-0.2, -0.15) is 0 Å². The zero-order valence-corrected chi connectivity index (χ0v) is 10.9. The maximum Gasteiger partial charge on any atom is 0.323 e. The highest BCUT2D eigenvalue weighted by Crippen LogP contribution is 2.00. The van der Waals surface area contributed by atoms with Gasteiger partial charge in [0, 0.05) is 13.7 Å². The highest BCUT2D eigenvalue weighted by molar-refractivity contribution is 5.80. The van der Waals surface area contributed by atoms with Gasteiger partial charge >= 0.3 is 12.0 Å². The summed E-state index contributed by atoms with van der Waals surface area (Å²) in [7, 11) is 1.55. The predicted octanol–water partition coefficient (Wildman–Crippen LogP) is 0.773. The first-order valence-electron chi connectivity index (χ1n) is 5.63. The van der Waals surface area contributed by atoms with E-state index in [-0.39, 0.29) is 24.5 Å². The molecule has 0 rings (SSSR count). The molecule has 2 amide bonds. The van der Waals surface area contributed by atoms with Gasteiger partial charge in [0.2, 0.25) is 0 Å². The maximum absolute atomic E-state index is 11.8. The third kappa shape index (κ3) is 7.57. The zero-order chi connectivity index (χ0) is 13.4. The van der Waals surface area contributed by atoms with Crippen LogP contribution in [0, 0.1) is 5.92 Å². The summed E-state index contributed by atoms with van der Waals surface area (Å²) in [6.45, 7) is 6.19. The predicted molar refractivity (Wildman–Crippen MR) is 63.9 cm³/mol. The fraction of sp³-hybridized carbons (Fsp3) is 0.818. The van der Waals surface area contributed by atoms with Gasteiger partial charge in [-0.25, -0.2) is 4.79 Å². The van der Waals surface area contributed by atoms with E-state index in [1.807, 2.05) is 13.8 Å². The first-order chi connectivity index (χ1) is 7.86. The molecule has 0 aromatic heterocycles. The number of nitrogens with zero attached hydrogens (tertiary/aromatic N) is 1. The Morgan fingerprint density at radius 1 is 1.35 bits per heavy atom. The van der Waals surface area contributed by atoms with E-state index in [1.165, 1.54) is 4.90 Å². The van der Waals surface area contributed by atoms with Gasteiger partial charge in [-0.3, -0.25) is 4.79 Å². The summed E-state index contributed by atoms with van der Waals surface area (Å²) >= 11 is 0. The van der Waals surface area contributed by atoms with E-state index in [2.05, 4.69) is 5.32 Å². The number of amides is 2. The molecule has 17 heavy (non-hydrogen) atoms. The third-order valence-electron chi connectivity index (χ3n) is 1.99. The van der Waals surface area contributed by atoms with Crippen molar-refractivity contribution in [3.63, 3.8) is 0 Å². The average Bonchev–Trinajstić information content (AvgIpc) is 2.15. The molecule has 0 bridgehead atoms. The lowest BCUT2D eigenvalue weighted by atomic mass is 10.2. The summed E-state index contributed by atoms with van der Waals surface area (Å²) in [6.07, 6.45) is 0. The standard InChI is InChI=1S/C11H22N2O4/c1-8(2)5-13(6-10(14)15)11(16)12-9(3)7-17-4/h8-9H,5-7H2,1-4H3,(H,12,16)(H,14,15). The van der Waals surface area contributed by atoms with Gasteiger partial charge in [0.15, 0.2) is 0 Å². The molecule has 0 heterocycles. The van der Waals surface area contributed by atoms with E-state index in [0.717, 1.165) is 0 Å².